The third-order valence-electron chi connectivity index (χ3n) is 5.84. The summed E-state index contributed by atoms with van der Waals surface area (Å²) in [7, 11) is -3.18. The summed E-state index contributed by atoms with van der Waals surface area (Å²) < 4.78 is 21.5. The van der Waals surface area contributed by atoms with E-state index in [4.69, 9.17) is 9.73 Å². The standard InChI is InChI=1S/C28H24NO2P/c1-21-17-19-22(20-18-21)26-28(29-27(31-26)23-11-5-2-6-12-23)32(30,24-13-7-3-8-14-24)25-15-9-4-10-16-25/h2-20,26,28H,1H3/t26-,28-/m1/s1. The van der Waals surface area contributed by atoms with Crippen molar-refractivity contribution in [3.05, 3.63) is 132 Å². The third kappa shape index (κ3) is 3.70. The van der Waals surface area contributed by atoms with Gasteiger partial charge in [-0.3, -0.25) is 0 Å². The van der Waals surface area contributed by atoms with Crippen molar-refractivity contribution in [2.24, 2.45) is 4.99 Å². The lowest BCUT2D eigenvalue weighted by atomic mass is 10.1. The molecule has 0 amide bonds. The van der Waals surface area contributed by atoms with E-state index in [-0.39, 0.29) is 0 Å². The molecule has 0 spiro atoms. The van der Waals surface area contributed by atoms with Gasteiger partial charge in [-0.1, -0.05) is 109 Å². The number of nitrogens with zero attached hydrogens (tertiary/aromatic N) is 1. The van der Waals surface area contributed by atoms with E-state index in [1.54, 1.807) is 0 Å². The first-order chi connectivity index (χ1) is 15.7. The Labute approximate surface area is 188 Å². The van der Waals surface area contributed by atoms with E-state index in [1.165, 1.54) is 5.56 Å². The molecule has 1 heterocycles. The number of ether oxygens (including phenoxy) is 1. The van der Waals surface area contributed by atoms with Crippen LogP contribution in [-0.2, 0) is 9.30 Å². The van der Waals surface area contributed by atoms with E-state index in [2.05, 4.69) is 31.2 Å². The maximum atomic E-state index is 15.1. The lowest BCUT2D eigenvalue weighted by Crippen LogP contribution is -2.27. The fraction of sp³-hybridized carbons (Fsp3) is 0.107. The Hall–Kier alpha value is -3.42. The molecule has 0 unspecified atom stereocenters. The number of hydrogen-bond donors (Lipinski definition) is 0. The lowest BCUT2D eigenvalue weighted by Gasteiger charge is -2.27. The minimum Gasteiger partial charge on any atom is -0.466 e. The molecule has 32 heavy (non-hydrogen) atoms. The first-order valence-corrected chi connectivity index (χ1v) is 12.5. The second-order valence-corrected chi connectivity index (χ2v) is 10.9. The van der Waals surface area contributed by atoms with Crippen LogP contribution in [0.2, 0.25) is 0 Å². The SMILES string of the molecule is Cc1ccc([C@H]2OC(c3ccccc3)=N[C@@H]2P(=O)(c2ccccc2)c2ccccc2)cc1. The molecule has 1 aliphatic rings. The van der Waals surface area contributed by atoms with Crippen LogP contribution in [0, 0.1) is 6.92 Å². The van der Waals surface area contributed by atoms with Gasteiger partial charge in [-0.05, 0) is 24.6 Å². The first-order valence-electron chi connectivity index (χ1n) is 10.7. The fourth-order valence-corrected chi connectivity index (χ4v) is 7.17. The molecule has 0 aromatic heterocycles. The summed E-state index contributed by atoms with van der Waals surface area (Å²) in [6, 6.07) is 37.5. The van der Waals surface area contributed by atoms with Crippen molar-refractivity contribution < 1.29 is 9.30 Å². The molecule has 0 saturated heterocycles. The molecule has 0 fully saturated rings. The molecular formula is C28H24NO2P. The molecule has 0 aliphatic carbocycles. The van der Waals surface area contributed by atoms with Crippen LogP contribution in [0.15, 0.2) is 120 Å². The summed E-state index contributed by atoms with van der Waals surface area (Å²) in [4.78, 5) is 4.99. The van der Waals surface area contributed by atoms with Crippen molar-refractivity contribution in [3.8, 4) is 0 Å². The topological polar surface area (TPSA) is 38.7 Å². The quantitative estimate of drug-likeness (QED) is 0.367. The van der Waals surface area contributed by atoms with Crippen LogP contribution in [0.25, 0.3) is 0 Å². The van der Waals surface area contributed by atoms with E-state index in [9.17, 15) is 0 Å². The molecule has 3 nitrogen and oxygen atoms in total. The Bertz CT molecular complexity index is 1230. The van der Waals surface area contributed by atoms with Crippen LogP contribution >= 0.6 is 7.14 Å². The predicted molar refractivity (Wildman–Crippen MR) is 132 cm³/mol. The minimum absolute atomic E-state index is 0.447. The van der Waals surface area contributed by atoms with E-state index >= 15 is 4.57 Å². The maximum Gasteiger partial charge on any atom is 0.217 e. The highest BCUT2D eigenvalue weighted by Gasteiger charge is 2.47. The molecular weight excluding hydrogens is 413 g/mol. The summed E-state index contributed by atoms with van der Waals surface area (Å²) in [6.45, 7) is 2.06. The normalized spacial score (nSPS) is 18.1. The summed E-state index contributed by atoms with van der Waals surface area (Å²) in [5.74, 6) is -0.0292. The van der Waals surface area contributed by atoms with Crippen molar-refractivity contribution in [2.45, 2.75) is 18.8 Å². The monoisotopic (exact) mass is 437 g/mol. The summed E-state index contributed by atoms with van der Waals surface area (Å²) in [6.07, 6.45) is -0.447. The Morgan fingerprint density at radius 2 is 1.19 bits per heavy atom. The Balaban J connectivity index is 1.71. The van der Waals surface area contributed by atoms with Gasteiger partial charge in [0.2, 0.25) is 5.90 Å². The van der Waals surface area contributed by atoms with Crippen LogP contribution in [0.4, 0.5) is 0 Å². The third-order valence-corrected chi connectivity index (χ3v) is 9.10. The van der Waals surface area contributed by atoms with Gasteiger partial charge in [-0.2, -0.15) is 0 Å². The molecule has 4 aromatic rings. The van der Waals surface area contributed by atoms with Crippen molar-refractivity contribution in [2.75, 3.05) is 0 Å². The van der Waals surface area contributed by atoms with Crippen LogP contribution in [0.3, 0.4) is 0 Å². The summed E-state index contributed by atoms with van der Waals surface area (Å²) in [5.41, 5.74) is 3.03. The Morgan fingerprint density at radius 3 is 1.72 bits per heavy atom. The Kier molecular flexibility index (Phi) is 5.51. The smallest absolute Gasteiger partial charge is 0.217 e. The number of benzene rings is 4. The van der Waals surface area contributed by atoms with Gasteiger partial charge >= 0.3 is 0 Å². The van der Waals surface area contributed by atoms with Gasteiger partial charge in [0.05, 0.1) is 0 Å². The summed E-state index contributed by atoms with van der Waals surface area (Å²) >= 11 is 0. The minimum atomic E-state index is -3.18. The predicted octanol–water partition coefficient (Wildman–Crippen LogP) is 5.85. The number of rotatable bonds is 5. The van der Waals surface area contributed by atoms with Crippen LogP contribution in [0.1, 0.15) is 22.8 Å². The molecule has 2 atom stereocenters. The number of aryl methyl sites for hydroxylation is 1. The molecule has 4 aromatic carbocycles. The first kappa shape index (κ1) is 20.5. The summed E-state index contributed by atoms with van der Waals surface area (Å²) in [5, 5.41) is 1.57. The van der Waals surface area contributed by atoms with E-state index in [1.807, 2.05) is 91.0 Å². The van der Waals surface area contributed by atoms with E-state index in [0.717, 1.165) is 21.7 Å². The number of hydrogen-bond acceptors (Lipinski definition) is 3. The highest BCUT2D eigenvalue weighted by Crippen LogP contribution is 2.56. The van der Waals surface area contributed by atoms with E-state index < -0.39 is 19.0 Å². The largest absolute Gasteiger partial charge is 0.466 e. The van der Waals surface area contributed by atoms with Gasteiger partial charge in [-0.25, -0.2) is 4.99 Å². The molecule has 5 rings (SSSR count). The average Bonchev–Trinajstić information content (AvgIpc) is 3.32. The zero-order valence-corrected chi connectivity index (χ0v) is 18.7. The molecule has 0 radical (unpaired) electrons. The molecule has 0 bridgehead atoms. The molecule has 0 N–H and O–H groups in total. The highest BCUT2D eigenvalue weighted by molar-refractivity contribution is 7.79. The highest BCUT2D eigenvalue weighted by atomic mass is 31.2. The second-order valence-electron chi connectivity index (χ2n) is 7.99. The fourth-order valence-electron chi connectivity index (χ4n) is 4.14. The van der Waals surface area contributed by atoms with Gasteiger partial charge in [0, 0.05) is 16.2 Å². The zero-order valence-electron chi connectivity index (χ0n) is 17.8. The zero-order chi connectivity index (χ0) is 22.0. The van der Waals surface area contributed by atoms with Crippen molar-refractivity contribution >= 4 is 23.6 Å². The molecule has 4 heteroatoms. The van der Waals surface area contributed by atoms with Crippen molar-refractivity contribution in [1.82, 2.24) is 0 Å². The van der Waals surface area contributed by atoms with E-state index in [0.29, 0.717) is 5.90 Å². The van der Waals surface area contributed by atoms with Gasteiger partial charge < -0.3 is 9.30 Å². The van der Waals surface area contributed by atoms with Gasteiger partial charge in [-0.15, -0.1) is 0 Å². The maximum absolute atomic E-state index is 15.1. The second kappa shape index (κ2) is 8.61. The molecule has 158 valence electrons. The van der Waals surface area contributed by atoms with Crippen LogP contribution < -0.4 is 10.6 Å². The Morgan fingerprint density at radius 1 is 0.688 bits per heavy atom. The van der Waals surface area contributed by atoms with Crippen LogP contribution in [0.5, 0.6) is 0 Å². The molecule has 0 saturated carbocycles. The average molecular weight is 437 g/mol. The van der Waals surface area contributed by atoms with Crippen LogP contribution in [-0.4, -0.2) is 11.7 Å². The molecule has 1 aliphatic heterocycles. The van der Waals surface area contributed by atoms with Crippen molar-refractivity contribution in [1.29, 1.82) is 0 Å². The number of aliphatic imine (C=N–C) groups is 1. The van der Waals surface area contributed by atoms with Crippen molar-refractivity contribution in [3.63, 3.8) is 0 Å². The van der Waals surface area contributed by atoms with Gasteiger partial charge in [0.25, 0.3) is 0 Å². The van der Waals surface area contributed by atoms with Gasteiger partial charge in [0.1, 0.15) is 0 Å². The lowest BCUT2D eigenvalue weighted by molar-refractivity contribution is 0.219. The van der Waals surface area contributed by atoms with Gasteiger partial charge in [0.15, 0.2) is 19.0 Å².